The summed E-state index contributed by atoms with van der Waals surface area (Å²) in [5.74, 6) is -1.60. The fourth-order valence-corrected chi connectivity index (χ4v) is 5.79. The van der Waals surface area contributed by atoms with Crippen LogP contribution in [0.3, 0.4) is 0 Å². The second-order valence-electron chi connectivity index (χ2n) is 7.08. The molecule has 2 amide bonds. The number of benzene rings is 1. The molecule has 1 fully saturated rings. The number of thioether (sulfide) groups is 2. The molecule has 2 atom stereocenters. The van der Waals surface area contributed by atoms with E-state index in [1.807, 2.05) is 0 Å². The maximum Gasteiger partial charge on any atom is 0.352 e. The van der Waals surface area contributed by atoms with Crippen LogP contribution >= 0.6 is 23.5 Å². The van der Waals surface area contributed by atoms with Crippen molar-refractivity contribution in [1.29, 1.82) is 0 Å². The van der Waals surface area contributed by atoms with Gasteiger partial charge in [-0.15, -0.1) is 23.5 Å². The number of hydrogen-bond donors (Lipinski definition) is 4. The van der Waals surface area contributed by atoms with Gasteiger partial charge in [-0.25, -0.2) is 9.89 Å². The van der Waals surface area contributed by atoms with Crippen molar-refractivity contribution in [3.8, 4) is 5.75 Å². The van der Waals surface area contributed by atoms with Crippen molar-refractivity contribution in [3.63, 3.8) is 0 Å². The van der Waals surface area contributed by atoms with Crippen molar-refractivity contribution < 1.29 is 24.6 Å². The molecule has 32 heavy (non-hydrogen) atoms. The lowest BCUT2D eigenvalue weighted by Gasteiger charge is -2.46. The Hall–Kier alpha value is -3.25. The molecule has 1 aromatic heterocycles. The summed E-state index contributed by atoms with van der Waals surface area (Å²) in [4.78, 5) is 49.3. The second kappa shape index (κ2) is 9.09. The van der Waals surface area contributed by atoms with E-state index in [-0.39, 0.29) is 52.8 Å². The molecular formula is C20H18N4O6S2. The number of aromatic hydroxyl groups is 1. The molecule has 10 nitrogen and oxygen atoms in total. The number of aromatic nitrogens is 2. The summed E-state index contributed by atoms with van der Waals surface area (Å²) >= 11 is 2.50. The smallest absolute Gasteiger partial charge is 0.352 e. The van der Waals surface area contributed by atoms with Crippen LogP contribution in [0.2, 0.25) is 0 Å². The highest BCUT2D eigenvalue weighted by Crippen LogP contribution is 2.44. The van der Waals surface area contributed by atoms with E-state index in [1.54, 1.807) is 12.1 Å². The molecule has 12 heteroatoms. The number of aliphatic carboxylic acids is 1. The van der Waals surface area contributed by atoms with E-state index in [9.17, 15) is 29.4 Å². The largest absolute Gasteiger partial charge is 0.508 e. The second-order valence-corrected chi connectivity index (χ2v) is 9.36. The summed E-state index contributed by atoms with van der Waals surface area (Å²) < 4.78 is 0. The molecule has 1 unspecified atom stereocenters. The monoisotopic (exact) mass is 474 g/mol. The molecule has 0 saturated carbocycles. The Morgan fingerprint density at radius 3 is 2.59 bits per heavy atom. The zero-order valence-electron chi connectivity index (χ0n) is 16.5. The first-order chi connectivity index (χ1) is 15.3. The zero-order chi connectivity index (χ0) is 22.8. The number of carboxylic acids is 1. The highest BCUT2D eigenvalue weighted by atomic mass is 32.2. The van der Waals surface area contributed by atoms with Gasteiger partial charge in [0.15, 0.2) is 0 Å². The Bertz CT molecular complexity index is 1140. The molecule has 0 radical (unpaired) electrons. The molecule has 166 valence electrons. The van der Waals surface area contributed by atoms with Crippen LogP contribution in [-0.2, 0) is 20.8 Å². The van der Waals surface area contributed by atoms with E-state index in [2.05, 4.69) is 15.5 Å². The third kappa shape index (κ3) is 4.65. The van der Waals surface area contributed by atoms with Crippen molar-refractivity contribution in [2.24, 2.45) is 0 Å². The fourth-order valence-electron chi connectivity index (χ4n) is 3.35. The Labute approximate surface area is 190 Å². The van der Waals surface area contributed by atoms with Crippen LogP contribution in [0, 0.1) is 0 Å². The number of phenolic OH excluding ortho intramolecular Hbond substituents is 1. The van der Waals surface area contributed by atoms with Crippen LogP contribution in [0.4, 0.5) is 0 Å². The number of aromatic amines is 1. The minimum absolute atomic E-state index is 0.0506. The van der Waals surface area contributed by atoms with Gasteiger partial charge in [-0.3, -0.25) is 19.3 Å². The molecule has 4 N–H and O–H groups in total. The topological polar surface area (TPSA) is 153 Å². The summed E-state index contributed by atoms with van der Waals surface area (Å²) in [6.45, 7) is 0. The van der Waals surface area contributed by atoms with E-state index in [4.69, 9.17) is 0 Å². The maximum atomic E-state index is 12.7. The highest BCUT2D eigenvalue weighted by Gasteiger charge is 2.48. The van der Waals surface area contributed by atoms with Gasteiger partial charge in [0.25, 0.3) is 5.56 Å². The lowest BCUT2D eigenvalue weighted by molar-refractivity contribution is -0.146. The quantitative estimate of drug-likeness (QED) is 0.339. The number of hydrogen-bond acceptors (Lipinski definition) is 8. The number of β-lactam (4-membered cyclic amide) rings is 1. The van der Waals surface area contributed by atoms with E-state index >= 15 is 0 Å². The van der Waals surface area contributed by atoms with Gasteiger partial charge in [0, 0.05) is 17.4 Å². The van der Waals surface area contributed by atoms with Gasteiger partial charge in [-0.1, -0.05) is 12.1 Å². The van der Waals surface area contributed by atoms with Crippen LogP contribution in [-0.4, -0.2) is 59.6 Å². The van der Waals surface area contributed by atoms with Crippen LogP contribution in [0.25, 0.3) is 0 Å². The van der Waals surface area contributed by atoms with E-state index in [0.717, 1.165) is 0 Å². The first-order valence-electron chi connectivity index (χ1n) is 9.51. The van der Waals surface area contributed by atoms with E-state index in [0.29, 0.717) is 16.2 Å². The van der Waals surface area contributed by atoms with Gasteiger partial charge < -0.3 is 15.5 Å². The standard InChI is InChI=1S/C20H18N4O6S2/c25-11-3-1-10(2-4-11)7-14(27)21-19-12(9-31-15-6-5-13(26)22-23-15)18(20(29)30)24-16(28)8-17(24)32-19/h1-6,17,19,25H,7-9H2,(H,21,27)(H,22,26)(H,29,30)/t17-,19?/m1/s1. The summed E-state index contributed by atoms with van der Waals surface area (Å²) in [6.07, 6.45) is 0.253. The number of carbonyl (C=O) groups excluding carboxylic acids is 2. The Balaban J connectivity index is 1.57. The number of nitrogens with one attached hydrogen (secondary N) is 2. The summed E-state index contributed by atoms with van der Waals surface area (Å²) in [7, 11) is 0. The average Bonchev–Trinajstić information content (AvgIpc) is 2.74. The van der Waals surface area contributed by atoms with Gasteiger partial charge in [0.1, 0.15) is 21.8 Å². The van der Waals surface area contributed by atoms with Gasteiger partial charge in [-0.2, -0.15) is 5.10 Å². The number of phenols is 1. The molecule has 0 aliphatic carbocycles. The first-order valence-corrected chi connectivity index (χ1v) is 11.4. The normalized spacial score (nSPS) is 19.9. The molecule has 0 bridgehead atoms. The average molecular weight is 475 g/mol. The maximum absolute atomic E-state index is 12.7. The van der Waals surface area contributed by atoms with Crippen LogP contribution < -0.4 is 10.9 Å². The summed E-state index contributed by atoms with van der Waals surface area (Å²) in [6, 6.07) is 9.05. The molecule has 0 spiro atoms. The molecule has 1 saturated heterocycles. The number of carbonyl (C=O) groups is 3. The molecule has 2 aliphatic rings. The van der Waals surface area contributed by atoms with Crippen molar-refractivity contribution in [2.45, 2.75) is 28.6 Å². The van der Waals surface area contributed by atoms with Crippen molar-refractivity contribution in [3.05, 3.63) is 63.6 Å². The summed E-state index contributed by atoms with van der Waals surface area (Å²) in [5.41, 5.74) is 0.583. The number of fused-ring (bicyclic) bond motifs is 1. The van der Waals surface area contributed by atoms with Gasteiger partial charge >= 0.3 is 5.97 Å². The third-order valence-corrected chi connectivity index (χ3v) is 7.23. The molecular weight excluding hydrogens is 456 g/mol. The van der Waals surface area contributed by atoms with Crippen molar-refractivity contribution in [2.75, 3.05) is 5.75 Å². The van der Waals surface area contributed by atoms with Crippen LogP contribution in [0.1, 0.15) is 12.0 Å². The Kier molecular flexibility index (Phi) is 6.24. The fraction of sp³-hybridized carbons (Fsp3) is 0.250. The number of amides is 2. The molecule has 3 heterocycles. The van der Waals surface area contributed by atoms with Crippen molar-refractivity contribution >= 4 is 41.3 Å². The van der Waals surface area contributed by atoms with Crippen LogP contribution in [0.15, 0.2) is 57.5 Å². The molecule has 4 rings (SSSR count). The Morgan fingerprint density at radius 2 is 1.97 bits per heavy atom. The molecule has 2 aliphatic heterocycles. The predicted molar refractivity (Wildman–Crippen MR) is 117 cm³/mol. The van der Waals surface area contributed by atoms with E-state index in [1.165, 1.54) is 52.7 Å². The highest BCUT2D eigenvalue weighted by molar-refractivity contribution is 8.01. The van der Waals surface area contributed by atoms with Crippen LogP contribution in [0.5, 0.6) is 5.75 Å². The lowest BCUT2D eigenvalue weighted by Crippen LogP contribution is -2.57. The number of carboxylic acid groups (broad SMARTS) is 1. The number of nitrogens with zero attached hydrogens (tertiary/aromatic N) is 2. The minimum Gasteiger partial charge on any atom is -0.508 e. The van der Waals surface area contributed by atoms with E-state index < -0.39 is 11.3 Å². The SMILES string of the molecule is O=C(Cc1ccc(O)cc1)NC1S[C@@H]2CC(=O)N2C(C(=O)O)=C1CSc1ccc(=O)[nH]n1. The number of H-pyrrole nitrogens is 1. The number of rotatable bonds is 7. The van der Waals surface area contributed by atoms with Gasteiger partial charge in [0.2, 0.25) is 11.8 Å². The van der Waals surface area contributed by atoms with Crippen molar-refractivity contribution in [1.82, 2.24) is 20.4 Å². The summed E-state index contributed by atoms with van der Waals surface area (Å²) in [5, 5.41) is 27.8. The van der Waals surface area contributed by atoms with Gasteiger partial charge in [-0.05, 0) is 23.8 Å². The first kappa shape index (κ1) is 22.0. The zero-order valence-corrected chi connectivity index (χ0v) is 18.1. The minimum atomic E-state index is -1.24. The third-order valence-electron chi connectivity index (χ3n) is 4.89. The molecule has 2 aromatic rings. The Morgan fingerprint density at radius 1 is 1.22 bits per heavy atom. The molecule has 1 aromatic carbocycles. The lowest BCUT2D eigenvalue weighted by atomic mass is 10.1. The van der Waals surface area contributed by atoms with Gasteiger partial charge in [0.05, 0.1) is 18.2 Å². The predicted octanol–water partition coefficient (Wildman–Crippen LogP) is 0.896.